The zero-order valence-corrected chi connectivity index (χ0v) is 16.9. The van der Waals surface area contributed by atoms with E-state index in [9.17, 15) is 23.1 Å². The van der Waals surface area contributed by atoms with Gasteiger partial charge in [0.1, 0.15) is 0 Å². The van der Waals surface area contributed by atoms with Gasteiger partial charge in [0.05, 0.1) is 17.4 Å². The van der Waals surface area contributed by atoms with E-state index in [0.717, 1.165) is 0 Å². The zero-order chi connectivity index (χ0) is 21.9. The van der Waals surface area contributed by atoms with Gasteiger partial charge in [-0.1, -0.05) is 6.07 Å². The molecule has 1 saturated heterocycles. The molecule has 0 atom stereocenters. The molecule has 2 N–H and O–H groups in total. The van der Waals surface area contributed by atoms with Crippen LogP contribution in [0.4, 0.5) is 18.9 Å². The summed E-state index contributed by atoms with van der Waals surface area (Å²) in [5, 5.41) is 16.9. The van der Waals surface area contributed by atoms with Gasteiger partial charge in [0.15, 0.2) is 6.61 Å². The number of carbonyl (C=O) groups is 1. The van der Waals surface area contributed by atoms with Crippen molar-refractivity contribution in [3.8, 4) is 5.88 Å². The molecule has 3 rings (SSSR count). The number of likely N-dealkylation sites (tertiary alicyclic amines) is 1. The Morgan fingerprint density at radius 2 is 2.03 bits per heavy atom. The van der Waals surface area contributed by atoms with E-state index in [2.05, 4.69) is 10.4 Å². The van der Waals surface area contributed by atoms with E-state index in [1.165, 1.54) is 11.7 Å². The number of piperidine rings is 1. The van der Waals surface area contributed by atoms with Crippen LogP contribution in [0.5, 0.6) is 5.88 Å². The number of anilines is 1. The maximum absolute atomic E-state index is 12.7. The molecule has 7 nitrogen and oxygen atoms in total. The van der Waals surface area contributed by atoms with Gasteiger partial charge in [0, 0.05) is 37.9 Å². The van der Waals surface area contributed by atoms with Crippen LogP contribution in [0.2, 0.25) is 0 Å². The lowest BCUT2D eigenvalue weighted by molar-refractivity contribution is -0.154. The number of aryl methyl sites for hydroxylation is 2. The molecule has 0 saturated carbocycles. The van der Waals surface area contributed by atoms with Crippen molar-refractivity contribution < 1.29 is 27.8 Å². The number of benzene rings is 1. The van der Waals surface area contributed by atoms with Crippen molar-refractivity contribution in [2.24, 2.45) is 7.05 Å². The summed E-state index contributed by atoms with van der Waals surface area (Å²) in [6, 6.07) is 6.94. The summed E-state index contributed by atoms with van der Waals surface area (Å²) in [5.74, 6) is -0.0614. The van der Waals surface area contributed by atoms with Gasteiger partial charge in [-0.25, -0.2) is 4.68 Å². The highest BCUT2D eigenvalue weighted by molar-refractivity contribution is 5.95. The van der Waals surface area contributed by atoms with Crippen LogP contribution in [0.15, 0.2) is 24.3 Å². The third kappa shape index (κ3) is 5.44. The fourth-order valence-corrected chi connectivity index (χ4v) is 3.42. The lowest BCUT2D eigenvalue weighted by atomic mass is 10.1. The summed E-state index contributed by atoms with van der Waals surface area (Å²) < 4.78 is 43.8. The fourth-order valence-electron chi connectivity index (χ4n) is 3.42. The van der Waals surface area contributed by atoms with Gasteiger partial charge >= 0.3 is 6.18 Å². The van der Waals surface area contributed by atoms with Gasteiger partial charge in [-0.2, -0.15) is 18.3 Å². The highest BCUT2D eigenvalue weighted by Crippen LogP contribution is 2.26. The Labute approximate surface area is 172 Å². The quantitative estimate of drug-likeness (QED) is 0.743. The van der Waals surface area contributed by atoms with Crippen molar-refractivity contribution in [1.82, 2.24) is 14.7 Å². The maximum atomic E-state index is 12.7. The van der Waals surface area contributed by atoms with E-state index in [1.54, 1.807) is 36.1 Å². The second kappa shape index (κ2) is 8.95. The van der Waals surface area contributed by atoms with Gasteiger partial charge in [0.25, 0.3) is 5.91 Å². The number of aromatic nitrogens is 2. The minimum atomic E-state index is -4.44. The lowest BCUT2D eigenvalue weighted by Gasteiger charge is -2.29. The molecular formula is C20H25F3N4O3. The number of hydrogen-bond acceptors (Lipinski definition) is 5. The molecule has 0 bridgehead atoms. The number of ether oxygens (including phenoxy) is 1. The molecule has 0 spiro atoms. The van der Waals surface area contributed by atoms with Crippen LogP contribution in [0.1, 0.15) is 34.5 Å². The summed E-state index contributed by atoms with van der Waals surface area (Å²) in [6.45, 7) is 1.51. The number of nitrogens with zero attached hydrogens (tertiary/aromatic N) is 3. The number of nitrogens with one attached hydrogen (secondary N) is 1. The van der Waals surface area contributed by atoms with Crippen molar-refractivity contribution in [2.45, 2.75) is 38.6 Å². The van der Waals surface area contributed by atoms with Gasteiger partial charge < -0.3 is 20.1 Å². The van der Waals surface area contributed by atoms with Crippen LogP contribution in [0.3, 0.4) is 0 Å². The van der Waals surface area contributed by atoms with Crippen LogP contribution < -0.4 is 10.1 Å². The number of amides is 1. The van der Waals surface area contributed by atoms with Crippen molar-refractivity contribution in [2.75, 3.05) is 25.0 Å². The second-order valence-electron chi connectivity index (χ2n) is 7.35. The molecule has 30 heavy (non-hydrogen) atoms. The number of rotatable bonds is 6. The van der Waals surface area contributed by atoms with Crippen molar-refractivity contribution in [3.63, 3.8) is 0 Å². The molecule has 0 aliphatic carbocycles. The minimum absolute atomic E-state index is 0.0523. The van der Waals surface area contributed by atoms with E-state index in [4.69, 9.17) is 4.74 Å². The van der Waals surface area contributed by atoms with Gasteiger partial charge in [0.2, 0.25) is 5.88 Å². The Morgan fingerprint density at radius 3 is 2.70 bits per heavy atom. The molecule has 1 aliphatic rings. The Bertz CT molecular complexity index is 890. The standard InChI is InChI=1S/C20H25F3N4O3/c1-13-17(19(26(2)25-13)30-12-20(21,22)23)11-24-15-5-3-4-14(10-15)18(29)27-8-6-16(28)7-9-27/h3-5,10,16,24,28H,6-9,11-12H2,1-2H3. The zero-order valence-electron chi connectivity index (χ0n) is 16.9. The van der Waals surface area contributed by atoms with E-state index < -0.39 is 12.8 Å². The Kier molecular flexibility index (Phi) is 6.55. The van der Waals surface area contributed by atoms with E-state index >= 15 is 0 Å². The normalized spacial score (nSPS) is 15.3. The summed E-state index contributed by atoms with van der Waals surface area (Å²) in [5.41, 5.74) is 2.24. The van der Waals surface area contributed by atoms with Gasteiger partial charge in [-0.05, 0) is 38.0 Å². The average Bonchev–Trinajstić information content (AvgIpc) is 2.97. The van der Waals surface area contributed by atoms with Crippen LogP contribution in [-0.4, -0.2) is 57.7 Å². The number of aliphatic hydroxyl groups is 1. The van der Waals surface area contributed by atoms with Crippen molar-refractivity contribution in [1.29, 1.82) is 0 Å². The lowest BCUT2D eigenvalue weighted by Crippen LogP contribution is -2.40. The average molecular weight is 426 g/mol. The first-order chi connectivity index (χ1) is 14.1. The third-order valence-corrected chi connectivity index (χ3v) is 4.99. The maximum Gasteiger partial charge on any atom is 0.422 e. The largest absolute Gasteiger partial charge is 0.468 e. The molecule has 0 unspecified atom stereocenters. The third-order valence-electron chi connectivity index (χ3n) is 4.99. The number of hydrogen-bond donors (Lipinski definition) is 2. The van der Waals surface area contributed by atoms with E-state index in [-0.39, 0.29) is 24.4 Å². The smallest absolute Gasteiger partial charge is 0.422 e. The summed E-state index contributed by atoms with van der Waals surface area (Å²) in [4.78, 5) is 14.4. The fraction of sp³-hybridized carbons (Fsp3) is 0.500. The van der Waals surface area contributed by atoms with Crippen LogP contribution in [-0.2, 0) is 13.6 Å². The Morgan fingerprint density at radius 1 is 1.33 bits per heavy atom. The SMILES string of the molecule is Cc1nn(C)c(OCC(F)(F)F)c1CNc1cccc(C(=O)N2CCC(O)CC2)c1. The molecule has 1 aromatic heterocycles. The van der Waals surface area contributed by atoms with Crippen LogP contribution in [0.25, 0.3) is 0 Å². The molecule has 1 aromatic carbocycles. The summed E-state index contributed by atoms with van der Waals surface area (Å²) >= 11 is 0. The Balaban J connectivity index is 1.68. The molecule has 0 radical (unpaired) electrons. The first-order valence-electron chi connectivity index (χ1n) is 9.67. The molecular weight excluding hydrogens is 401 g/mol. The highest BCUT2D eigenvalue weighted by Gasteiger charge is 2.30. The molecule has 1 aliphatic heterocycles. The predicted molar refractivity (Wildman–Crippen MR) is 104 cm³/mol. The number of carbonyl (C=O) groups excluding carboxylic acids is 1. The predicted octanol–water partition coefficient (Wildman–Crippen LogP) is 2.88. The molecule has 2 aromatic rings. The first kappa shape index (κ1) is 21.9. The van der Waals surface area contributed by atoms with E-state index in [0.29, 0.717) is 48.4 Å². The molecule has 2 heterocycles. The molecule has 1 fully saturated rings. The molecule has 164 valence electrons. The molecule has 10 heteroatoms. The van der Waals surface area contributed by atoms with Crippen LogP contribution >= 0.6 is 0 Å². The summed E-state index contributed by atoms with van der Waals surface area (Å²) in [6.07, 6.45) is -3.68. The van der Waals surface area contributed by atoms with Gasteiger partial charge in [-0.3, -0.25) is 4.79 Å². The molecule has 1 amide bonds. The first-order valence-corrected chi connectivity index (χ1v) is 9.67. The van der Waals surface area contributed by atoms with Crippen molar-refractivity contribution in [3.05, 3.63) is 41.1 Å². The van der Waals surface area contributed by atoms with E-state index in [1.807, 2.05) is 0 Å². The van der Waals surface area contributed by atoms with Gasteiger partial charge in [-0.15, -0.1) is 0 Å². The number of aliphatic hydroxyl groups excluding tert-OH is 1. The minimum Gasteiger partial charge on any atom is -0.468 e. The monoisotopic (exact) mass is 426 g/mol. The van der Waals surface area contributed by atoms with Crippen LogP contribution in [0, 0.1) is 6.92 Å². The summed E-state index contributed by atoms with van der Waals surface area (Å²) in [7, 11) is 1.52. The number of alkyl halides is 3. The topological polar surface area (TPSA) is 79.6 Å². The second-order valence-corrected chi connectivity index (χ2v) is 7.35. The number of halogens is 3. The van der Waals surface area contributed by atoms with Crippen molar-refractivity contribution >= 4 is 11.6 Å². The Hall–Kier alpha value is -2.75. The highest BCUT2D eigenvalue weighted by atomic mass is 19.4.